The number of halogens is 2. The van der Waals surface area contributed by atoms with E-state index < -0.39 is 10.7 Å². The normalized spacial score (nSPS) is 10.8. The molecule has 0 spiro atoms. The zero-order chi connectivity index (χ0) is 21.8. The van der Waals surface area contributed by atoms with Gasteiger partial charge in [0.2, 0.25) is 0 Å². The van der Waals surface area contributed by atoms with E-state index in [1.54, 1.807) is 24.7 Å². The van der Waals surface area contributed by atoms with E-state index in [1.807, 2.05) is 0 Å². The van der Waals surface area contributed by atoms with E-state index in [0.717, 1.165) is 0 Å². The highest BCUT2D eigenvalue weighted by atomic mass is 35.5. The van der Waals surface area contributed by atoms with Gasteiger partial charge in [-0.2, -0.15) is 0 Å². The van der Waals surface area contributed by atoms with Gasteiger partial charge in [0.25, 0.3) is 5.69 Å². The maximum Gasteiger partial charge on any atom is 0.287 e. The summed E-state index contributed by atoms with van der Waals surface area (Å²) < 4.78 is 13.5. The van der Waals surface area contributed by atoms with Gasteiger partial charge in [0.05, 0.1) is 21.2 Å². The highest BCUT2D eigenvalue weighted by molar-refractivity contribution is 6.33. The van der Waals surface area contributed by atoms with Gasteiger partial charge in [-0.1, -0.05) is 11.6 Å². The van der Waals surface area contributed by atoms with Gasteiger partial charge < -0.3 is 10.3 Å². The molecule has 0 aliphatic heterocycles. The number of H-pyrrole nitrogens is 1. The predicted molar refractivity (Wildman–Crippen MR) is 113 cm³/mol. The van der Waals surface area contributed by atoms with Crippen molar-refractivity contribution in [2.45, 2.75) is 6.42 Å². The molecule has 11 heteroatoms. The smallest absolute Gasteiger partial charge is 0.287 e. The third-order valence-corrected chi connectivity index (χ3v) is 4.70. The van der Waals surface area contributed by atoms with Gasteiger partial charge in [0.1, 0.15) is 29.5 Å². The van der Waals surface area contributed by atoms with Crippen molar-refractivity contribution in [3.63, 3.8) is 0 Å². The molecule has 0 unspecified atom stereocenters. The van der Waals surface area contributed by atoms with Gasteiger partial charge in [-0.15, -0.1) is 0 Å². The van der Waals surface area contributed by atoms with Crippen molar-refractivity contribution in [3.05, 3.63) is 81.9 Å². The van der Waals surface area contributed by atoms with Crippen molar-refractivity contribution >= 4 is 23.1 Å². The SMILES string of the molecule is O=[N+]([O-])c1ccc(NCCc2ncc(-c3ncc[nH]3)c(-c3ccc(F)cc3Cl)n2)nc1. The van der Waals surface area contributed by atoms with E-state index in [9.17, 15) is 14.5 Å². The molecule has 0 atom stereocenters. The summed E-state index contributed by atoms with van der Waals surface area (Å²) in [6.07, 6.45) is 6.57. The van der Waals surface area contributed by atoms with E-state index >= 15 is 0 Å². The lowest BCUT2D eigenvalue weighted by atomic mass is 10.1. The number of benzene rings is 1. The molecule has 1 aromatic carbocycles. The van der Waals surface area contributed by atoms with E-state index in [-0.39, 0.29) is 10.7 Å². The monoisotopic (exact) mass is 439 g/mol. The van der Waals surface area contributed by atoms with Gasteiger partial charge in [-0.3, -0.25) is 10.1 Å². The second-order valence-electron chi connectivity index (χ2n) is 6.45. The Morgan fingerprint density at radius 3 is 2.68 bits per heavy atom. The third-order valence-electron chi connectivity index (χ3n) is 4.39. The summed E-state index contributed by atoms with van der Waals surface area (Å²) >= 11 is 6.27. The maximum atomic E-state index is 13.5. The Morgan fingerprint density at radius 1 is 1.13 bits per heavy atom. The molecule has 3 heterocycles. The van der Waals surface area contributed by atoms with Crippen LogP contribution in [0.1, 0.15) is 5.82 Å². The lowest BCUT2D eigenvalue weighted by molar-refractivity contribution is -0.385. The van der Waals surface area contributed by atoms with Crippen LogP contribution in [0.15, 0.2) is 55.1 Å². The summed E-state index contributed by atoms with van der Waals surface area (Å²) in [7, 11) is 0. The zero-order valence-electron chi connectivity index (χ0n) is 15.9. The second-order valence-corrected chi connectivity index (χ2v) is 6.85. The fourth-order valence-corrected chi connectivity index (χ4v) is 3.17. The topological polar surface area (TPSA) is 123 Å². The molecule has 0 bridgehead atoms. The minimum Gasteiger partial charge on any atom is -0.370 e. The van der Waals surface area contributed by atoms with Crippen LogP contribution in [0.25, 0.3) is 22.6 Å². The van der Waals surface area contributed by atoms with Crippen molar-refractivity contribution < 1.29 is 9.31 Å². The highest BCUT2D eigenvalue weighted by Crippen LogP contribution is 2.33. The molecule has 0 saturated heterocycles. The second kappa shape index (κ2) is 8.84. The number of hydrogen-bond acceptors (Lipinski definition) is 7. The minimum absolute atomic E-state index is 0.0804. The number of nitrogens with zero attached hydrogens (tertiary/aromatic N) is 5. The number of imidazole rings is 1. The average molecular weight is 440 g/mol. The molecular weight excluding hydrogens is 425 g/mol. The molecule has 3 aromatic heterocycles. The van der Waals surface area contributed by atoms with Crippen molar-refractivity contribution in [1.82, 2.24) is 24.9 Å². The highest BCUT2D eigenvalue weighted by Gasteiger charge is 2.16. The van der Waals surface area contributed by atoms with Crippen LogP contribution < -0.4 is 5.32 Å². The molecule has 2 N–H and O–H groups in total. The maximum absolute atomic E-state index is 13.5. The van der Waals surface area contributed by atoms with Crippen LogP contribution in [-0.2, 0) is 6.42 Å². The number of nitro groups is 1. The Hall–Kier alpha value is -3.92. The summed E-state index contributed by atoms with van der Waals surface area (Å²) in [6, 6.07) is 7.01. The number of aromatic amines is 1. The van der Waals surface area contributed by atoms with E-state index in [2.05, 4.69) is 30.2 Å². The number of hydrogen-bond donors (Lipinski definition) is 2. The van der Waals surface area contributed by atoms with Gasteiger partial charge >= 0.3 is 0 Å². The fourth-order valence-electron chi connectivity index (χ4n) is 2.91. The largest absolute Gasteiger partial charge is 0.370 e. The van der Waals surface area contributed by atoms with E-state index in [1.165, 1.54) is 30.5 Å². The molecule has 4 aromatic rings. The number of pyridine rings is 1. The zero-order valence-corrected chi connectivity index (χ0v) is 16.7. The standard InChI is InChI=1S/C20H15ClFN7O2/c21-16-9-12(22)1-3-14(16)19-15(20-24-7-8-25-20)11-27-18(28-19)5-6-23-17-4-2-13(10-26-17)29(30)31/h1-4,7-11H,5-6H2,(H,23,26)(H,24,25). The molecular formula is C20H15ClFN7O2. The molecule has 4 rings (SSSR count). The number of aromatic nitrogens is 5. The van der Waals surface area contributed by atoms with Crippen LogP contribution in [0.5, 0.6) is 0 Å². The first kappa shape index (κ1) is 20.4. The Morgan fingerprint density at radius 2 is 2.00 bits per heavy atom. The molecule has 0 aliphatic rings. The lowest BCUT2D eigenvalue weighted by Gasteiger charge is -2.11. The molecule has 156 valence electrons. The first-order valence-electron chi connectivity index (χ1n) is 9.16. The van der Waals surface area contributed by atoms with Crippen molar-refractivity contribution in [2.24, 2.45) is 0 Å². The van der Waals surface area contributed by atoms with Gasteiger partial charge in [-0.05, 0) is 24.3 Å². The lowest BCUT2D eigenvalue weighted by Crippen LogP contribution is -2.09. The quantitative estimate of drug-likeness (QED) is 0.325. The minimum atomic E-state index is -0.507. The number of nitrogens with one attached hydrogen (secondary N) is 2. The molecule has 31 heavy (non-hydrogen) atoms. The van der Waals surface area contributed by atoms with Crippen LogP contribution in [0.2, 0.25) is 5.02 Å². The van der Waals surface area contributed by atoms with Crippen molar-refractivity contribution in [3.8, 4) is 22.6 Å². The van der Waals surface area contributed by atoms with E-state index in [0.29, 0.717) is 47.3 Å². The molecule has 0 aliphatic carbocycles. The van der Waals surface area contributed by atoms with Crippen LogP contribution in [0.3, 0.4) is 0 Å². The molecule has 0 amide bonds. The predicted octanol–water partition coefficient (Wildman–Crippen LogP) is 4.28. The summed E-state index contributed by atoms with van der Waals surface area (Å²) in [5.74, 6) is 1.15. The first-order valence-corrected chi connectivity index (χ1v) is 9.54. The van der Waals surface area contributed by atoms with Gasteiger partial charge in [0, 0.05) is 43.2 Å². The summed E-state index contributed by atoms with van der Waals surface area (Å²) in [6.45, 7) is 0.446. The fraction of sp³-hybridized carbons (Fsp3) is 0.100. The van der Waals surface area contributed by atoms with Crippen molar-refractivity contribution in [2.75, 3.05) is 11.9 Å². The van der Waals surface area contributed by atoms with Crippen LogP contribution in [-0.4, -0.2) is 36.4 Å². The number of rotatable bonds is 7. The van der Waals surface area contributed by atoms with Crippen molar-refractivity contribution in [1.29, 1.82) is 0 Å². The Kier molecular flexibility index (Phi) is 5.80. The summed E-state index contributed by atoms with van der Waals surface area (Å²) in [5.41, 5.74) is 1.64. The number of anilines is 1. The Bertz CT molecular complexity index is 1220. The molecule has 9 nitrogen and oxygen atoms in total. The third kappa shape index (κ3) is 4.64. The summed E-state index contributed by atoms with van der Waals surface area (Å²) in [4.78, 5) is 30.5. The Balaban J connectivity index is 1.57. The Labute approximate surface area is 180 Å². The van der Waals surface area contributed by atoms with Gasteiger partial charge in [0.15, 0.2) is 0 Å². The molecule has 0 fully saturated rings. The van der Waals surface area contributed by atoms with Crippen LogP contribution in [0.4, 0.5) is 15.9 Å². The molecule has 0 saturated carbocycles. The van der Waals surface area contributed by atoms with Gasteiger partial charge in [-0.25, -0.2) is 24.3 Å². The first-order chi connectivity index (χ1) is 15.0. The summed E-state index contributed by atoms with van der Waals surface area (Å²) in [5, 5.41) is 14.0. The van der Waals surface area contributed by atoms with E-state index in [4.69, 9.17) is 11.6 Å². The average Bonchev–Trinajstić information content (AvgIpc) is 3.29. The van der Waals surface area contributed by atoms with Crippen LogP contribution >= 0.6 is 11.6 Å². The molecule has 0 radical (unpaired) electrons. The van der Waals surface area contributed by atoms with Crippen LogP contribution in [0, 0.1) is 15.9 Å².